The molecule has 1 aliphatic rings. The zero-order chi connectivity index (χ0) is 13.3. The standard InChI is InChI=1S/C13H19N3O2/c1-13(2,3)12(17)16-10(5-7-18-16)9-4-6-15-11(14)8-9/h4,6,8,10H,5,7H2,1-3H3,(H2,14,15)/t10-/m0/s1. The van der Waals surface area contributed by atoms with Gasteiger partial charge in [0.2, 0.25) is 0 Å². The molecule has 2 N–H and O–H groups in total. The molecule has 1 fully saturated rings. The van der Waals surface area contributed by atoms with Crippen molar-refractivity contribution in [2.45, 2.75) is 33.2 Å². The quantitative estimate of drug-likeness (QED) is 0.825. The highest BCUT2D eigenvalue weighted by Crippen LogP contribution is 2.34. The molecule has 2 heterocycles. The van der Waals surface area contributed by atoms with E-state index < -0.39 is 5.41 Å². The second kappa shape index (κ2) is 4.57. The van der Waals surface area contributed by atoms with Crippen molar-refractivity contribution in [3.63, 3.8) is 0 Å². The zero-order valence-electron chi connectivity index (χ0n) is 11.0. The lowest BCUT2D eigenvalue weighted by atomic mass is 9.94. The van der Waals surface area contributed by atoms with E-state index >= 15 is 0 Å². The molecule has 0 bridgehead atoms. The number of hydroxylamine groups is 2. The Balaban J connectivity index is 2.25. The van der Waals surface area contributed by atoms with Crippen LogP contribution >= 0.6 is 0 Å². The number of hydrogen-bond acceptors (Lipinski definition) is 4. The molecule has 1 saturated heterocycles. The Labute approximate surface area is 107 Å². The lowest BCUT2D eigenvalue weighted by molar-refractivity contribution is -0.186. The fourth-order valence-electron chi connectivity index (χ4n) is 1.98. The number of carbonyl (C=O) groups excluding carboxylic acids is 1. The van der Waals surface area contributed by atoms with E-state index in [9.17, 15) is 4.79 Å². The maximum atomic E-state index is 12.3. The Morgan fingerprint density at radius 3 is 2.89 bits per heavy atom. The van der Waals surface area contributed by atoms with Crippen molar-refractivity contribution in [3.8, 4) is 0 Å². The van der Waals surface area contributed by atoms with Gasteiger partial charge in [-0.15, -0.1) is 0 Å². The summed E-state index contributed by atoms with van der Waals surface area (Å²) in [6.07, 6.45) is 2.44. The molecule has 0 radical (unpaired) electrons. The summed E-state index contributed by atoms with van der Waals surface area (Å²) in [5, 5.41) is 1.48. The molecule has 0 aliphatic carbocycles. The summed E-state index contributed by atoms with van der Waals surface area (Å²) in [5.41, 5.74) is 6.19. The molecule has 1 atom stereocenters. The van der Waals surface area contributed by atoms with Gasteiger partial charge in [0.25, 0.3) is 5.91 Å². The lowest BCUT2D eigenvalue weighted by Crippen LogP contribution is -2.38. The van der Waals surface area contributed by atoms with Crippen LogP contribution in [0.4, 0.5) is 5.82 Å². The molecular formula is C13H19N3O2. The largest absolute Gasteiger partial charge is 0.384 e. The fraction of sp³-hybridized carbons (Fsp3) is 0.538. The Hall–Kier alpha value is -1.62. The van der Waals surface area contributed by atoms with Crippen molar-refractivity contribution in [1.29, 1.82) is 0 Å². The van der Waals surface area contributed by atoms with Crippen molar-refractivity contribution >= 4 is 11.7 Å². The summed E-state index contributed by atoms with van der Waals surface area (Å²) >= 11 is 0. The molecule has 5 nitrogen and oxygen atoms in total. The maximum absolute atomic E-state index is 12.3. The van der Waals surface area contributed by atoms with E-state index in [2.05, 4.69) is 4.98 Å². The third-order valence-electron chi connectivity index (χ3n) is 2.94. The number of nitrogens with zero attached hydrogens (tertiary/aromatic N) is 2. The highest BCUT2D eigenvalue weighted by molar-refractivity contribution is 5.81. The predicted octanol–water partition coefficient (Wildman–Crippen LogP) is 1.91. The highest BCUT2D eigenvalue weighted by atomic mass is 16.7. The second-order valence-electron chi connectivity index (χ2n) is 5.53. The number of anilines is 1. The van der Waals surface area contributed by atoms with Gasteiger partial charge in [0.15, 0.2) is 0 Å². The summed E-state index contributed by atoms with van der Waals surface area (Å²) in [6.45, 7) is 6.20. The van der Waals surface area contributed by atoms with Crippen LogP contribution in [0.15, 0.2) is 18.3 Å². The first-order valence-electron chi connectivity index (χ1n) is 6.07. The Bertz CT molecular complexity index is 454. The van der Waals surface area contributed by atoms with Gasteiger partial charge in [-0.25, -0.2) is 10.0 Å². The van der Waals surface area contributed by atoms with E-state index in [1.165, 1.54) is 5.06 Å². The van der Waals surface area contributed by atoms with Gasteiger partial charge in [0, 0.05) is 18.0 Å². The van der Waals surface area contributed by atoms with E-state index in [-0.39, 0.29) is 11.9 Å². The minimum atomic E-state index is -0.457. The topological polar surface area (TPSA) is 68.5 Å². The number of rotatable bonds is 1. The van der Waals surface area contributed by atoms with Crippen molar-refractivity contribution in [2.24, 2.45) is 5.41 Å². The molecule has 0 saturated carbocycles. The minimum absolute atomic E-state index is 0.0135. The van der Waals surface area contributed by atoms with Crippen LogP contribution in [0.2, 0.25) is 0 Å². The minimum Gasteiger partial charge on any atom is -0.384 e. The summed E-state index contributed by atoms with van der Waals surface area (Å²) < 4.78 is 0. The van der Waals surface area contributed by atoms with Gasteiger partial charge in [-0.1, -0.05) is 20.8 Å². The predicted molar refractivity (Wildman–Crippen MR) is 68.3 cm³/mol. The summed E-state index contributed by atoms with van der Waals surface area (Å²) in [6, 6.07) is 3.60. The Morgan fingerprint density at radius 2 is 2.28 bits per heavy atom. The highest BCUT2D eigenvalue weighted by Gasteiger charge is 2.37. The van der Waals surface area contributed by atoms with Gasteiger partial charge in [0.05, 0.1) is 12.6 Å². The van der Waals surface area contributed by atoms with E-state index in [1.54, 1.807) is 12.3 Å². The number of pyridine rings is 1. The van der Waals surface area contributed by atoms with Crippen molar-refractivity contribution < 1.29 is 9.63 Å². The number of nitrogens with two attached hydrogens (primary N) is 1. The number of amides is 1. The SMILES string of the molecule is CC(C)(C)C(=O)N1OCC[C@H]1c1ccnc(N)c1. The molecule has 0 unspecified atom stereocenters. The fourth-order valence-corrected chi connectivity index (χ4v) is 1.98. The number of carbonyl (C=O) groups is 1. The average Bonchev–Trinajstić information content (AvgIpc) is 2.75. The first-order valence-corrected chi connectivity index (χ1v) is 6.07. The van der Waals surface area contributed by atoms with E-state index in [0.29, 0.717) is 12.4 Å². The summed E-state index contributed by atoms with van der Waals surface area (Å²) in [7, 11) is 0. The van der Waals surface area contributed by atoms with E-state index in [1.807, 2.05) is 26.8 Å². The molecule has 0 spiro atoms. The van der Waals surface area contributed by atoms with Crippen LogP contribution < -0.4 is 5.73 Å². The van der Waals surface area contributed by atoms with Crippen LogP contribution in [0, 0.1) is 5.41 Å². The molecule has 1 amide bonds. The van der Waals surface area contributed by atoms with Gasteiger partial charge in [-0.3, -0.25) is 9.63 Å². The third-order valence-corrected chi connectivity index (χ3v) is 2.94. The Morgan fingerprint density at radius 1 is 1.56 bits per heavy atom. The normalized spacial score (nSPS) is 20.2. The molecular weight excluding hydrogens is 230 g/mol. The first kappa shape index (κ1) is 12.8. The smallest absolute Gasteiger partial charge is 0.252 e. The van der Waals surface area contributed by atoms with Crippen molar-refractivity contribution in [1.82, 2.24) is 10.0 Å². The monoisotopic (exact) mass is 249 g/mol. The van der Waals surface area contributed by atoms with Gasteiger partial charge < -0.3 is 5.73 Å². The second-order valence-corrected chi connectivity index (χ2v) is 5.53. The van der Waals surface area contributed by atoms with E-state index in [0.717, 1.165) is 12.0 Å². The van der Waals surface area contributed by atoms with Crippen molar-refractivity contribution in [2.75, 3.05) is 12.3 Å². The zero-order valence-corrected chi connectivity index (χ0v) is 11.0. The summed E-state index contributed by atoms with van der Waals surface area (Å²) in [4.78, 5) is 21.7. The van der Waals surface area contributed by atoms with Crippen LogP contribution in [-0.2, 0) is 9.63 Å². The molecule has 2 rings (SSSR count). The number of hydrogen-bond donors (Lipinski definition) is 1. The number of aromatic nitrogens is 1. The van der Waals surface area contributed by atoms with Crippen LogP contribution in [-0.4, -0.2) is 22.6 Å². The molecule has 5 heteroatoms. The van der Waals surface area contributed by atoms with Crippen LogP contribution in [0.25, 0.3) is 0 Å². The molecule has 0 aromatic carbocycles. The van der Waals surface area contributed by atoms with Gasteiger partial charge in [-0.05, 0) is 17.7 Å². The maximum Gasteiger partial charge on any atom is 0.252 e. The lowest BCUT2D eigenvalue weighted by Gasteiger charge is -2.29. The third kappa shape index (κ3) is 2.46. The number of nitrogen functional groups attached to an aromatic ring is 1. The molecule has 1 aromatic rings. The average molecular weight is 249 g/mol. The molecule has 18 heavy (non-hydrogen) atoms. The van der Waals surface area contributed by atoms with Crippen LogP contribution in [0.1, 0.15) is 38.8 Å². The molecule has 98 valence electrons. The van der Waals surface area contributed by atoms with Gasteiger partial charge in [0.1, 0.15) is 5.82 Å². The van der Waals surface area contributed by atoms with Gasteiger partial charge in [-0.2, -0.15) is 0 Å². The summed E-state index contributed by atoms with van der Waals surface area (Å²) in [5.74, 6) is 0.447. The first-order chi connectivity index (χ1) is 8.39. The van der Waals surface area contributed by atoms with Crippen LogP contribution in [0.3, 0.4) is 0 Å². The van der Waals surface area contributed by atoms with Gasteiger partial charge >= 0.3 is 0 Å². The van der Waals surface area contributed by atoms with E-state index in [4.69, 9.17) is 10.6 Å². The molecule has 1 aliphatic heterocycles. The van der Waals surface area contributed by atoms with Crippen molar-refractivity contribution in [3.05, 3.63) is 23.9 Å². The molecule has 1 aromatic heterocycles. The van der Waals surface area contributed by atoms with Crippen LogP contribution in [0.5, 0.6) is 0 Å². The Kier molecular flexibility index (Phi) is 3.26.